The molecule has 196 valence electrons. The van der Waals surface area contributed by atoms with Crippen molar-refractivity contribution in [3.05, 3.63) is 112 Å². The number of hydrogen-bond acceptors (Lipinski definition) is 5. The highest BCUT2D eigenvalue weighted by atomic mass is 35.5. The molecule has 0 atom stereocenters. The van der Waals surface area contributed by atoms with Crippen molar-refractivity contribution in [2.24, 2.45) is 0 Å². The van der Waals surface area contributed by atoms with Gasteiger partial charge in [-0.15, -0.1) is 0 Å². The van der Waals surface area contributed by atoms with Crippen LogP contribution in [0.25, 0.3) is 0 Å². The van der Waals surface area contributed by atoms with Crippen LogP contribution in [0, 0.1) is 0 Å². The van der Waals surface area contributed by atoms with Gasteiger partial charge < -0.3 is 5.32 Å². The molecule has 3 N–H and O–H groups in total. The zero-order valence-electron chi connectivity index (χ0n) is 19.2. The number of carbonyl (C=O) groups is 1. The average Bonchev–Trinajstić information content (AvgIpc) is 2.85. The summed E-state index contributed by atoms with van der Waals surface area (Å²) in [6.07, 6.45) is 0. The minimum absolute atomic E-state index is 0.0193. The summed E-state index contributed by atoms with van der Waals surface area (Å²) < 4.78 is 55.2. The van der Waals surface area contributed by atoms with Gasteiger partial charge in [0.2, 0.25) is 0 Å². The lowest BCUT2D eigenvalue weighted by molar-refractivity contribution is 0.102. The van der Waals surface area contributed by atoms with Crippen molar-refractivity contribution in [1.29, 1.82) is 0 Å². The first-order valence-corrected chi connectivity index (χ1v) is 14.8. The van der Waals surface area contributed by atoms with Gasteiger partial charge in [-0.25, -0.2) is 16.8 Å². The van der Waals surface area contributed by atoms with Crippen LogP contribution in [0.2, 0.25) is 15.1 Å². The SMILES string of the molecule is O=C(Nc1ccc(S(=O)(=O)Nc2cc(Cl)cc(Cl)c2)cc1)c1ccc(NS(=O)(=O)c2ccccc2)c(Cl)c1. The quantitative estimate of drug-likeness (QED) is 0.210. The molecule has 0 aliphatic heterocycles. The minimum atomic E-state index is -3.94. The highest BCUT2D eigenvalue weighted by molar-refractivity contribution is 7.93. The first-order valence-electron chi connectivity index (χ1n) is 10.7. The first-order chi connectivity index (χ1) is 17.9. The van der Waals surface area contributed by atoms with Gasteiger partial charge in [0.25, 0.3) is 26.0 Å². The number of nitrogens with one attached hydrogen (secondary N) is 3. The Morgan fingerprint density at radius 2 is 1.18 bits per heavy atom. The van der Waals surface area contributed by atoms with Gasteiger partial charge in [-0.1, -0.05) is 53.0 Å². The van der Waals surface area contributed by atoms with Crippen LogP contribution >= 0.6 is 34.8 Å². The number of benzene rings is 4. The summed E-state index contributed by atoms with van der Waals surface area (Å²) in [6, 6.07) is 21.7. The molecule has 38 heavy (non-hydrogen) atoms. The van der Waals surface area contributed by atoms with Gasteiger partial charge in [-0.2, -0.15) is 0 Å². The number of amides is 1. The Bertz CT molecular complexity index is 1700. The van der Waals surface area contributed by atoms with Crippen molar-refractivity contribution in [3.8, 4) is 0 Å². The van der Waals surface area contributed by atoms with E-state index in [1.54, 1.807) is 18.2 Å². The molecule has 0 fully saturated rings. The Labute approximate surface area is 234 Å². The van der Waals surface area contributed by atoms with Gasteiger partial charge in [0.1, 0.15) is 0 Å². The van der Waals surface area contributed by atoms with E-state index in [1.807, 2.05) is 0 Å². The molecule has 0 saturated heterocycles. The number of carbonyl (C=O) groups excluding carboxylic acids is 1. The minimum Gasteiger partial charge on any atom is -0.322 e. The van der Waals surface area contributed by atoms with E-state index in [9.17, 15) is 21.6 Å². The highest BCUT2D eigenvalue weighted by Gasteiger charge is 2.18. The molecular formula is C25H18Cl3N3O5S2. The van der Waals surface area contributed by atoms with E-state index in [-0.39, 0.29) is 41.8 Å². The van der Waals surface area contributed by atoms with Gasteiger partial charge >= 0.3 is 0 Å². The fraction of sp³-hybridized carbons (Fsp3) is 0. The monoisotopic (exact) mass is 609 g/mol. The van der Waals surface area contributed by atoms with Crippen molar-refractivity contribution in [2.75, 3.05) is 14.8 Å². The third-order valence-electron chi connectivity index (χ3n) is 5.07. The van der Waals surface area contributed by atoms with Crippen LogP contribution in [0.1, 0.15) is 10.4 Å². The predicted octanol–water partition coefficient (Wildman–Crippen LogP) is 6.50. The molecule has 0 radical (unpaired) electrons. The molecule has 0 bridgehead atoms. The van der Waals surface area contributed by atoms with Crippen LogP contribution < -0.4 is 14.8 Å². The molecule has 4 rings (SSSR count). The van der Waals surface area contributed by atoms with Crippen LogP contribution in [-0.4, -0.2) is 22.7 Å². The third kappa shape index (κ3) is 6.77. The standard InChI is InChI=1S/C25H18Cl3N3O5S2/c26-17-13-18(27)15-20(14-17)30-37(33,34)22-9-7-19(8-10-22)29-25(32)16-6-11-24(23(28)12-16)31-38(35,36)21-4-2-1-3-5-21/h1-15,30-31H,(H,29,32). The van der Waals surface area contributed by atoms with Gasteiger partial charge in [0.15, 0.2) is 0 Å². The average molecular weight is 611 g/mol. The van der Waals surface area contributed by atoms with Crippen LogP contribution in [0.15, 0.2) is 101 Å². The molecule has 13 heteroatoms. The zero-order valence-corrected chi connectivity index (χ0v) is 23.1. The Morgan fingerprint density at radius 3 is 1.79 bits per heavy atom. The van der Waals surface area contributed by atoms with Crippen molar-refractivity contribution in [1.82, 2.24) is 0 Å². The molecule has 0 aromatic heterocycles. The second-order valence-electron chi connectivity index (χ2n) is 7.86. The largest absolute Gasteiger partial charge is 0.322 e. The first kappa shape index (κ1) is 27.7. The molecule has 0 aliphatic rings. The number of anilines is 3. The van der Waals surface area contributed by atoms with E-state index >= 15 is 0 Å². The Balaban J connectivity index is 1.44. The van der Waals surface area contributed by atoms with Crippen molar-refractivity contribution in [3.63, 3.8) is 0 Å². The molecule has 4 aromatic carbocycles. The third-order valence-corrected chi connectivity index (χ3v) is 8.59. The second-order valence-corrected chi connectivity index (χ2v) is 12.5. The molecule has 0 spiro atoms. The summed E-state index contributed by atoms with van der Waals surface area (Å²) >= 11 is 18.1. The van der Waals surface area contributed by atoms with Crippen LogP contribution in [0.4, 0.5) is 17.1 Å². The maximum atomic E-state index is 12.7. The lowest BCUT2D eigenvalue weighted by Gasteiger charge is -2.12. The smallest absolute Gasteiger partial charge is 0.261 e. The maximum Gasteiger partial charge on any atom is 0.261 e. The number of rotatable bonds is 8. The Morgan fingerprint density at radius 1 is 0.605 bits per heavy atom. The van der Waals surface area contributed by atoms with E-state index in [0.717, 1.165) is 0 Å². The summed E-state index contributed by atoms with van der Waals surface area (Å²) in [5, 5.41) is 3.20. The Kier molecular flexibility index (Phi) is 8.19. The molecule has 0 heterocycles. The highest BCUT2D eigenvalue weighted by Crippen LogP contribution is 2.27. The van der Waals surface area contributed by atoms with Crippen LogP contribution in [0.3, 0.4) is 0 Å². The summed E-state index contributed by atoms with van der Waals surface area (Å²) in [5.74, 6) is -0.535. The molecule has 0 unspecified atom stereocenters. The van der Waals surface area contributed by atoms with E-state index in [4.69, 9.17) is 34.8 Å². The van der Waals surface area contributed by atoms with Gasteiger partial charge in [0.05, 0.1) is 26.2 Å². The predicted molar refractivity (Wildman–Crippen MR) is 150 cm³/mol. The normalized spacial score (nSPS) is 11.6. The molecule has 0 saturated carbocycles. The summed E-state index contributed by atoms with van der Waals surface area (Å²) in [4.78, 5) is 12.7. The fourth-order valence-corrected chi connectivity index (χ4v) is 6.24. The summed E-state index contributed by atoms with van der Waals surface area (Å²) in [5.41, 5.74) is 0.792. The molecular weight excluding hydrogens is 593 g/mol. The van der Waals surface area contributed by atoms with E-state index in [2.05, 4.69) is 14.8 Å². The summed E-state index contributed by atoms with van der Waals surface area (Å²) in [6.45, 7) is 0. The fourth-order valence-electron chi connectivity index (χ4n) is 3.29. The lowest BCUT2D eigenvalue weighted by atomic mass is 10.2. The van der Waals surface area contributed by atoms with Gasteiger partial charge in [-0.05, 0) is 72.8 Å². The zero-order chi connectivity index (χ0) is 27.5. The van der Waals surface area contributed by atoms with Gasteiger partial charge in [-0.3, -0.25) is 14.2 Å². The molecule has 8 nitrogen and oxygen atoms in total. The number of sulfonamides is 2. The molecule has 1 amide bonds. The van der Waals surface area contributed by atoms with Crippen molar-refractivity contribution < 1.29 is 21.6 Å². The number of halogens is 3. The van der Waals surface area contributed by atoms with E-state index < -0.39 is 26.0 Å². The number of hydrogen-bond donors (Lipinski definition) is 3. The van der Waals surface area contributed by atoms with Crippen molar-refractivity contribution >= 4 is 77.8 Å². The van der Waals surface area contributed by atoms with E-state index in [1.165, 1.54) is 72.8 Å². The maximum absolute atomic E-state index is 12.7. The molecule has 4 aromatic rings. The van der Waals surface area contributed by atoms with Gasteiger partial charge in [0, 0.05) is 21.3 Å². The topological polar surface area (TPSA) is 121 Å². The second kappa shape index (κ2) is 11.2. The Hall–Kier alpha value is -3.28. The molecule has 0 aliphatic carbocycles. The van der Waals surface area contributed by atoms with Crippen LogP contribution in [0.5, 0.6) is 0 Å². The summed E-state index contributed by atoms with van der Waals surface area (Å²) in [7, 11) is -7.80. The van der Waals surface area contributed by atoms with Crippen LogP contribution in [-0.2, 0) is 20.0 Å². The van der Waals surface area contributed by atoms with Crippen molar-refractivity contribution in [2.45, 2.75) is 9.79 Å². The lowest BCUT2D eigenvalue weighted by Crippen LogP contribution is -2.15. The van der Waals surface area contributed by atoms with E-state index in [0.29, 0.717) is 5.69 Å².